The van der Waals surface area contributed by atoms with Gasteiger partial charge in [0.15, 0.2) is 0 Å². The quantitative estimate of drug-likeness (QED) is 0.624. The highest BCUT2D eigenvalue weighted by Crippen LogP contribution is 2.18. The lowest BCUT2D eigenvalue weighted by Crippen LogP contribution is -2.35. The van der Waals surface area contributed by atoms with Crippen molar-refractivity contribution >= 4 is 62.6 Å². The number of amides is 2. The molecule has 1 heterocycles. The minimum Gasteiger partial charge on any atom is -0.277 e. The molecule has 7 heteroatoms. The van der Waals surface area contributed by atoms with Crippen molar-refractivity contribution in [2.45, 2.75) is 0 Å². The standard InChI is InChI=1S/C7H10N2OS4/c1-13-6(11)8-3-4-9(5(8)10)7(12)14-2/h3-4H2,1-2H3. The molecule has 0 aromatic heterocycles. The molecule has 0 atom stereocenters. The zero-order valence-corrected chi connectivity index (χ0v) is 11.1. The lowest BCUT2D eigenvalue weighted by Gasteiger charge is -2.17. The summed E-state index contributed by atoms with van der Waals surface area (Å²) in [7, 11) is 0. The molecule has 1 fully saturated rings. The van der Waals surface area contributed by atoms with Crippen LogP contribution < -0.4 is 0 Å². The molecule has 0 N–H and O–H groups in total. The number of thioether (sulfide) groups is 2. The normalized spacial score (nSPS) is 16.3. The maximum absolute atomic E-state index is 11.8. The van der Waals surface area contributed by atoms with Gasteiger partial charge in [0.25, 0.3) is 0 Å². The van der Waals surface area contributed by atoms with Crippen molar-refractivity contribution in [2.24, 2.45) is 0 Å². The summed E-state index contributed by atoms with van der Waals surface area (Å²) >= 11 is 12.9. The number of hydrogen-bond donors (Lipinski definition) is 0. The van der Waals surface area contributed by atoms with E-state index in [-0.39, 0.29) is 6.03 Å². The fraction of sp³-hybridized carbons (Fsp3) is 0.571. The Morgan fingerprint density at radius 2 is 1.50 bits per heavy atom. The molecule has 1 rings (SSSR count). The molecule has 2 amide bonds. The summed E-state index contributed by atoms with van der Waals surface area (Å²) in [5, 5.41) is 0. The largest absolute Gasteiger partial charge is 0.331 e. The summed E-state index contributed by atoms with van der Waals surface area (Å²) in [5.74, 6) is 0. The van der Waals surface area contributed by atoms with Gasteiger partial charge in [-0.25, -0.2) is 4.79 Å². The van der Waals surface area contributed by atoms with Crippen molar-refractivity contribution in [2.75, 3.05) is 25.6 Å². The molecule has 0 aromatic rings. The van der Waals surface area contributed by atoms with Gasteiger partial charge in [-0.15, -0.1) is 0 Å². The topological polar surface area (TPSA) is 23.6 Å². The highest BCUT2D eigenvalue weighted by atomic mass is 32.2. The number of carbonyl (C=O) groups excluding carboxylic acids is 1. The molecule has 0 aliphatic carbocycles. The molecule has 0 unspecified atom stereocenters. The van der Waals surface area contributed by atoms with Crippen molar-refractivity contribution in [3.63, 3.8) is 0 Å². The molecular formula is C7H10N2OS4. The van der Waals surface area contributed by atoms with Gasteiger partial charge in [-0.05, 0) is 12.5 Å². The highest BCUT2D eigenvalue weighted by Gasteiger charge is 2.32. The van der Waals surface area contributed by atoms with Crippen molar-refractivity contribution in [3.8, 4) is 0 Å². The van der Waals surface area contributed by atoms with Crippen LogP contribution >= 0.6 is 48.0 Å². The van der Waals surface area contributed by atoms with Crippen LogP contribution in [0.1, 0.15) is 0 Å². The third-order valence-electron chi connectivity index (χ3n) is 1.80. The van der Waals surface area contributed by atoms with Crippen LogP contribution in [0, 0.1) is 0 Å². The second-order valence-corrected chi connectivity index (χ2v) is 5.41. The molecule has 1 aliphatic rings. The molecule has 0 spiro atoms. The van der Waals surface area contributed by atoms with E-state index < -0.39 is 0 Å². The molecule has 1 saturated heterocycles. The van der Waals surface area contributed by atoms with E-state index in [2.05, 4.69) is 0 Å². The van der Waals surface area contributed by atoms with Gasteiger partial charge in [0.1, 0.15) is 8.64 Å². The molecule has 0 saturated carbocycles. The van der Waals surface area contributed by atoms with Crippen LogP contribution in [-0.2, 0) is 0 Å². The first-order valence-corrected chi connectivity index (χ1v) is 7.13. The maximum atomic E-state index is 11.8. The minimum absolute atomic E-state index is 0.0938. The van der Waals surface area contributed by atoms with E-state index in [0.29, 0.717) is 21.7 Å². The van der Waals surface area contributed by atoms with Crippen LogP contribution in [0.3, 0.4) is 0 Å². The van der Waals surface area contributed by atoms with E-state index >= 15 is 0 Å². The van der Waals surface area contributed by atoms with Crippen molar-refractivity contribution in [1.29, 1.82) is 0 Å². The number of hydrogen-bond acceptors (Lipinski definition) is 5. The SMILES string of the molecule is CSC(=S)N1CCN(C(=S)SC)C1=O. The first-order chi connectivity index (χ1) is 6.61. The Kier molecular flexibility index (Phi) is 4.62. The number of carbonyl (C=O) groups is 1. The molecule has 1 aliphatic heterocycles. The number of nitrogens with zero attached hydrogens (tertiary/aromatic N) is 2. The Morgan fingerprint density at radius 3 is 1.79 bits per heavy atom. The summed E-state index contributed by atoms with van der Waals surface area (Å²) in [5.41, 5.74) is 0. The first kappa shape index (κ1) is 12.2. The predicted octanol–water partition coefficient (Wildman–Crippen LogP) is 2.02. The van der Waals surface area contributed by atoms with Gasteiger partial charge in [-0.3, -0.25) is 9.80 Å². The van der Waals surface area contributed by atoms with Crippen molar-refractivity contribution < 1.29 is 4.79 Å². The summed E-state index contributed by atoms with van der Waals surface area (Å²) in [6.07, 6.45) is 3.73. The zero-order chi connectivity index (χ0) is 10.7. The van der Waals surface area contributed by atoms with E-state index in [0.717, 1.165) is 0 Å². The van der Waals surface area contributed by atoms with Crippen LogP contribution in [-0.4, -0.2) is 50.1 Å². The van der Waals surface area contributed by atoms with Gasteiger partial charge in [0.2, 0.25) is 0 Å². The van der Waals surface area contributed by atoms with Crippen molar-refractivity contribution in [1.82, 2.24) is 9.80 Å². The molecule has 0 aromatic carbocycles. The fourth-order valence-corrected chi connectivity index (χ4v) is 2.21. The Labute approximate surface area is 103 Å². The zero-order valence-electron chi connectivity index (χ0n) is 7.85. The summed E-state index contributed by atoms with van der Waals surface area (Å²) < 4.78 is 1.22. The molecule has 3 nitrogen and oxygen atoms in total. The van der Waals surface area contributed by atoms with Crippen LogP contribution in [0.2, 0.25) is 0 Å². The fourth-order valence-electron chi connectivity index (χ4n) is 1.10. The average Bonchev–Trinajstić information content (AvgIpc) is 2.58. The molecular weight excluding hydrogens is 256 g/mol. The predicted molar refractivity (Wildman–Crippen MR) is 71.0 cm³/mol. The van der Waals surface area contributed by atoms with Crippen LogP contribution in [0.4, 0.5) is 4.79 Å². The van der Waals surface area contributed by atoms with Gasteiger partial charge in [0, 0.05) is 13.1 Å². The second-order valence-electron chi connectivity index (χ2n) is 2.53. The Morgan fingerprint density at radius 1 is 1.14 bits per heavy atom. The van der Waals surface area contributed by atoms with E-state index in [9.17, 15) is 4.79 Å². The summed E-state index contributed by atoms with van der Waals surface area (Å²) in [4.78, 5) is 14.9. The molecule has 14 heavy (non-hydrogen) atoms. The number of rotatable bonds is 0. The van der Waals surface area contributed by atoms with Gasteiger partial charge >= 0.3 is 6.03 Å². The first-order valence-electron chi connectivity index (χ1n) is 3.86. The highest BCUT2D eigenvalue weighted by molar-refractivity contribution is 8.23. The Balaban J connectivity index is 2.69. The van der Waals surface area contributed by atoms with E-state index in [1.807, 2.05) is 12.5 Å². The van der Waals surface area contributed by atoms with Crippen LogP contribution in [0.5, 0.6) is 0 Å². The third-order valence-corrected chi connectivity index (χ3v) is 4.38. The Bertz CT molecular complexity index is 255. The lowest BCUT2D eigenvalue weighted by atomic mass is 10.6. The average molecular weight is 266 g/mol. The summed E-state index contributed by atoms with van der Waals surface area (Å²) in [6, 6.07) is -0.0938. The van der Waals surface area contributed by atoms with Crippen LogP contribution in [0.25, 0.3) is 0 Å². The molecule has 0 radical (unpaired) electrons. The van der Waals surface area contributed by atoms with Gasteiger partial charge in [-0.1, -0.05) is 48.0 Å². The number of urea groups is 1. The third kappa shape index (κ3) is 2.39. The van der Waals surface area contributed by atoms with Crippen LogP contribution in [0.15, 0.2) is 0 Å². The number of thiocarbonyl (C=S) groups is 2. The van der Waals surface area contributed by atoms with E-state index in [4.69, 9.17) is 24.4 Å². The second kappa shape index (κ2) is 5.29. The molecule has 78 valence electrons. The summed E-state index contributed by atoms with van der Waals surface area (Å²) in [6.45, 7) is 1.28. The lowest BCUT2D eigenvalue weighted by molar-refractivity contribution is 0.222. The Hall–Kier alpha value is 0.150. The minimum atomic E-state index is -0.0938. The van der Waals surface area contributed by atoms with E-state index in [1.165, 1.54) is 23.5 Å². The van der Waals surface area contributed by atoms with Gasteiger partial charge in [0.05, 0.1) is 0 Å². The van der Waals surface area contributed by atoms with Crippen molar-refractivity contribution in [3.05, 3.63) is 0 Å². The van der Waals surface area contributed by atoms with E-state index in [1.54, 1.807) is 9.80 Å². The van der Waals surface area contributed by atoms with Gasteiger partial charge < -0.3 is 0 Å². The van der Waals surface area contributed by atoms with Gasteiger partial charge in [-0.2, -0.15) is 0 Å². The smallest absolute Gasteiger partial charge is 0.277 e. The maximum Gasteiger partial charge on any atom is 0.331 e. The monoisotopic (exact) mass is 266 g/mol. The molecule has 0 bridgehead atoms.